The van der Waals surface area contributed by atoms with E-state index in [1.165, 1.54) is 18.9 Å². The molecule has 2 saturated heterocycles. The van der Waals surface area contributed by atoms with Gasteiger partial charge in [0.05, 0.1) is 17.2 Å². The standard InChI is InChI=1S/C24H30F3N3O2/c25-24(26,27)21-12-20(6-5-18(21)13-28)29-9-7-23(8-10-29)16-30(14-19(23)15-31)22(32)11-17-3-1-2-4-17/h5-6,12,17,19,31H,1-4,7-11,14-16H2. The summed E-state index contributed by atoms with van der Waals surface area (Å²) in [6.07, 6.45) is 2.07. The van der Waals surface area contributed by atoms with Crippen LogP contribution in [0.15, 0.2) is 18.2 Å². The number of halogens is 3. The van der Waals surface area contributed by atoms with E-state index in [1.54, 1.807) is 12.1 Å². The van der Waals surface area contributed by atoms with Gasteiger partial charge in [0.25, 0.3) is 0 Å². The molecule has 5 nitrogen and oxygen atoms in total. The van der Waals surface area contributed by atoms with Crippen LogP contribution in [0.2, 0.25) is 0 Å². The fraction of sp³-hybridized carbons (Fsp3) is 0.667. The number of carbonyl (C=O) groups excluding carboxylic acids is 1. The van der Waals surface area contributed by atoms with Crippen molar-refractivity contribution in [2.75, 3.05) is 37.7 Å². The number of piperidine rings is 1. The topological polar surface area (TPSA) is 67.6 Å². The summed E-state index contributed by atoms with van der Waals surface area (Å²) in [6, 6.07) is 5.49. The zero-order chi connectivity index (χ0) is 22.9. The quantitative estimate of drug-likeness (QED) is 0.748. The van der Waals surface area contributed by atoms with Gasteiger partial charge in [-0.05, 0) is 55.2 Å². The van der Waals surface area contributed by atoms with Crippen LogP contribution in [0.3, 0.4) is 0 Å². The van der Waals surface area contributed by atoms with E-state index in [1.807, 2.05) is 9.80 Å². The van der Waals surface area contributed by atoms with Gasteiger partial charge in [0, 0.05) is 50.8 Å². The third-order valence-electron chi connectivity index (χ3n) is 7.88. The van der Waals surface area contributed by atoms with Crippen molar-refractivity contribution in [1.82, 2.24) is 4.90 Å². The van der Waals surface area contributed by atoms with Crippen LogP contribution in [0.4, 0.5) is 18.9 Å². The normalized spacial score (nSPS) is 23.7. The maximum atomic E-state index is 13.3. The molecule has 1 aromatic carbocycles. The van der Waals surface area contributed by atoms with E-state index in [4.69, 9.17) is 5.26 Å². The molecule has 1 N–H and O–H groups in total. The van der Waals surface area contributed by atoms with E-state index < -0.39 is 11.7 Å². The molecule has 1 unspecified atom stereocenters. The summed E-state index contributed by atoms with van der Waals surface area (Å²) in [5.41, 5.74) is -1.01. The van der Waals surface area contributed by atoms with E-state index in [2.05, 4.69) is 0 Å². The summed E-state index contributed by atoms with van der Waals surface area (Å²) in [7, 11) is 0. The number of carbonyl (C=O) groups is 1. The molecule has 1 aliphatic carbocycles. The highest BCUT2D eigenvalue weighted by Crippen LogP contribution is 2.46. The number of anilines is 1. The molecule has 1 spiro atoms. The molecular weight excluding hydrogens is 419 g/mol. The van der Waals surface area contributed by atoms with Gasteiger partial charge in [-0.25, -0.2) is 0 Å². The van der Waals surface area contributed by atoms with Gasteiger partial charge in [0.2, 0.25) is 5.91 Å². The first-order valence-corrected chi connectivity index (χ1v) is 11.5. The third kappa shape index (κ3) is 4.45. The summed E-state index contributed by atoms with van der Waals surface area (Å²) in [6.45, 7) is 2.33. The predicted octanol–water partition coefficient (Wildman–Crippen LogP) is 4.19. The average Bonchev–Trinajstić information content (AvgIpc) is 3.41. The molecule has 1 atom stereocenters. The van der Waals surface area contributed by atoms with Crippen molar-refractivity contribution in [1.29, 1.82) is 5.26 Å². The molecule has 8 heteroatoms. The minimum Gasteiger partial charge on any atom is -0.396 e. The first kappa shape index (κ1) is 22.9. The SMILES string of the molecule is N#Cc1ccc(N2CCC3(CC2)CN(C(=O)CC2CCCC2)CC3CO)cc1C(F)(F)F. The van der Waals surface area contributed by atoms with Gasteiger partial charge in [-0.3, -0.25) is 4.79 Å². The monoisotopic (exact) mass is 449 g/mol. The van der Waals surface area contributed by atoms with Crippen molar-refractivity contribution in [2.45, 2.75) is 51.1 Å². The molecule has 0 bridgehead atoms. The fourth-order valence-electron chi connectivity index (χ4n) is 5.90. The van der Waals surface area contributed by atoms with Crippen LogP contribution < -0.4 is 4.90 Å². The van der Waals surface area contributed by atoms with Crippen molar-refractivity contribution in [3.05, 3.63) is 29.3 Å². The Kier molecular flexibility index (Phi) is 6.39. The lowest BCUT2D eigenvalue weighted by Crippen LogP contribution is -2.45. The maximum Gasteiger partial charge on any atom is 0.417 e. The Morgan fingerprint density at radius 2 is 1.91 bits per heavy atom. The van der Waals surface area contributed by atoms with Crippen LogP contribution in [0.5, 0.6) is 0 Å². The molecular formula is C24H30F3N3O2. The fourth-order valence-corrected chi connectivity index (χ4v) is 5.90. The van der Waals surface area contributed by atoms with Gasteiger partial charge in [-0.1, -0.05) is 12.8 Å². The molecule has 4 rings (SSSR count). The number of likely N-dealkylation sites (tertiary alicyclic amines) is 1. The zero-order valence-corrected chi connectivity index (χ0v) is 18.2. The van der Waals surface area contributed by atoms with Gasteiger partial charge >= 0.3 is 6.18 Å². The predicted molar refractivity (Wildman–Crippen MR) is 114 cm³/mol. The molecule has 0 aromatic heterocycles. The van der Waals surface area contributed by atoms with Crippen molar-refractivity contribution in [3.8, 4) is 6.07 Å². The molecule has 1 aromatic rings. The maximum absolute atomic E-state index is 13.3. The van der Waals surface area contributed by atoms with E-state index >= 15 is 0 Å². The summed E-state index contributed by atoms with van der Waals surface area (Å²) >= 11 is 0. The second-order valence-electron chi connectivity index (χ2n) is 9.70. The van der Waals surface area contributed by atoms with Crippen molar-refractivity contribution >= 4 is 11.6 Å². The van der Waals surface area contributed by atoms with Crippen LogP contribution in [-0.2, 0) is 11.0 Å². The highest BCUT2D eigenvalue weighted by Gasteiger charge is 2.49. The summed E-state index contributed by atoms with van der Waals surface area (Å²) in [5.74, 6) is 0.660. The van der Waals surface area contributed by atoms with Gasteiger partial charge in [0.15, 0.2) is 0 Å². The van der Waals surface area contributed by atoms with Crippen LogP contribution in [0.25, 0.3) is 0 Å². The van der Waals surface area contributed by atoms with Crippen molar-refractivity contribution in [2.24, 2.45) is 17.3 Å². The Morgan fingerprint density at radius 3 is 2.50 bits per heavy atom. The Hall–Kier alpha value is -2.27. The van der Waals surface area contributed by atoms with Gasteiger partial charge < -0.3 is 14.9 Å². The molecule has 1 saturated carbocycles. The largest absolute Gasteiger partial charge is 0.417 e. The molecule has 174 valence electrons. The number of aliphatic hydroxyl groups excluding tert-OH is 1. The van der Waals surface area contributed by atoms with Gasteiger partial charge in [-0.15, -0.1) is 0 Å². The molecule has 0 radical (unpaired) electrons. The first-order valence-electron chi connectivity index (χ1n) is 11.5. The van der Waals surface area contributed by atoms with E-state index in [-0.39, 0.29) is 29.4 Å². The van der Waals surface area contributed by atoms with Crippen molar-refractivity contribution < 1.29 is 23.1 Å². The van der Waals surface area contributed by atoms with Crippen LogP contribution in [-0.4, -0.2) is 48.7 Å². The number of aliphatic hydroxyl groups is 1. The van der Waals surface area contributed by atoms with Crippen molar-refractivity contribution in [3.63, 3.8) is 0 Å². The van der Waals surface area contributed by atoms with E-state index in [0.29, 0.717) is 57.0 Å². The Morgan fingerprint density at radius 1 is 1.22 bits per heavy atom. The number of nitrogens with zero attached hydrogens (tertiary/aromatic N) is 3. The van der Waals surface area contributed by atoms with Gasteiger partial charge in [0.1, 0.15) is 0 Å². The molecule has 2 heterocycles. The number of rotatable bonds is 4. The Labute approximate surface area is 186 Å². The van der Waals surface area contributed by atoms with Crippen LogP contribution in [0.1, 0.15) is 56.1 Å². The summed E-state index contributed by atoms with van der Waals surface area (Å²) in [4.78, 5) is 16.7. The highest BCUT2D eigenvalue weighted by atomic mass is 19.4. The van der Waals surface area contributed by atoms with E-state index in [0.717, 1.165) is 18.9 Å². The number of hydrogen-bond acceptors (Lipinski definition) is 4. The lowest BCUT2D eigenvalue weighted by molar-refractivity contribution is -0.137. The van der Waals surface area contributed by atoms with Crippen LogP contribution in [0, 0.1) is 28.6 Å². The minimum atomic E-state index is -4.58. The molecule has 3 aliphatic rings. The Bertz CT molecular complexity index is 881. The lowest BCUT2D eigenvalue weighted by atomic mass is 9.71. The summed E-state index contributed by atoms with van der Waals surface area (Å²) in [5, 5.41) is 19.0. The van der Waals surface area contributed by atoms with E-state index in [9.17, 15) is 23.1 Å². The minimum absolute atomic E-state index is 0.00359. The Balaban J connectivity index is 1.44. The number of amides is 1. The molecule has 32 heavy (non-hydrogen) atoms. The number of alkyl halides is 3. The third-order valence-corrected chi connectivity index (χ3v) is 7.88. The molecule has 3 fully saturated rings. The smallest absolute Gasteiger partial charge is 0.396 e. The van der Waals surface area contributed by atoms with Crippen LogP contribution >= 0.6 is 0 Å². The number of hydrogen-bond donors (Lipinski definition) is 1. The highest BCUT2D eigenvalue weighted by molar-refractivity contribution is 5.77. The first-order chi connectivity index (χ1) is 15.3. The number of benzene rings is 1. The average molecular weight is 450 g/mol. The number of nitriles is 1. The lowest BCUT2D eigenvalue weighted by Gasteiger charge is -2.43. The zero-order valence-electron chi connectivity index (χ0n) is 18.2. The molecule has 1 amide bonds. The second-order valence-corrected chi connectivity index (χ2v) is 9.70. The molecule has 2 aliphatic heterocycles. The van der Waals surface area contributed by atoms with Gasteiger partial charge in [-0.2, -0.15) is 18.4 Å². The summed E-state index contributed by atoms with van der Waals surface area (Å²) < 4.78 is 40.0. The second kappa shape index (κ2) is 8.93.